The number of aryl methyl sites for hydroxylation is 1. The van der Waals surface area contributed by atoms with Crippen LogP contribution in [-0.4, -0.2) is 48.4 Å². The molecule has 0 amide bonds. The van der Waals surface area contributed by atoms with E-state index in [-0.39, 0.29) is 5.03 Å². The summed E-state index contributed by atoms with van der Waals surface area (Å²) in [5, 5.41) is 3.58. The third-order valence-corrected chi connectivity index (χ3v) is 5.31. The summed E-state index contributed by atoms with van der Waals surface area (Å²) in [4.78, 5) is 6.95. The molecule has 0 atom stereocenters. The number of sulfonamides is 1. The van der Waals surface area contributed by atoms with Gasteiger partial charge in [-0.05, 0) is 19.4 Å². The number of rotatable bonds is 5. The maximum absolute atomic E-state index is 12.4. The van der Waals surface area contributed by atoms with Crippen molar-refractivity contribution in [3.8, 4) is 0 Å². The monoisotopic (exact) mass is 286 g/mol. The number of piperidine rings is 1. The summed E-state index contributed by atoms with van der Waals surface area (Å²) in [6, 6.07) is 0.435. The van der Waals surface area contributed by atoms with E-state index in [1.54, 1.807) is 4.31 Å². The third-order valence-electron chi connectivity index (χ3n) is 3.50. The number of aromatic amines is 1. The molecule has 2 rings (SSSR count). The lowest BCUT2D eigenvalue weighted by atomic mass is 10.1. The van der Waals surface area contributed by atoms with E-state index >= 15 is 0 Å². The van der Waals surface area contributed by atoms with Crippen LogP contribution in [0.5, 0.6) is 0 Å². The lowest BCUT2D eigenvalue weighted by molar-refractivity contribution is 0.291. The van der Waals surface area contributed by atoms with Gasteiger partial charge in [-0.15, -0.1) is 0 Å². The van der Waals surface area contributed by atoms with E-state index in [1.807, 2.05) is 6.92 Å². The molecular weight excluding hydrogens is 264 g/mol. The zero-order chi connectivity index (χ0) is 13.9. The molecule has 1 fully saturated rings. The second-order valence-electron chi connectivity index (χ2n) is 4.78. The maximum atomic E-state index is 12.4. The van der Waals surface area contributed by atoms with Gasteiger partial charge in [0, 0.05) is 25.6 Å². The molecule has 1 aliphatic rings. The molecule has 1 aromatic rings. The molecule has 6 nitrogen and oxygen atoms in total. The van der Waals surface area contributed by atoms with Crippen molar-refractivity contribution in [2.45, 2.75) is 44.2 Å². The predicted octanol–water partition coefficient (Wildman–Crippen LogP) is 0.735. The van der Waals surface area contributed by atoms with Crippen molar-refractivity contribution in [2.75, 3.05) is 19.6 Å². The van der Waals surface area contributed by atoms with Crippen molar-refractivity contribution < 1.29 is 8.42 Å². The second kappa shape index (κ2) is 6.02. The van der Waals surface area contributed by atoms with Crippen LogP contribution < -0.4 is 5.32 Å². The smallest absolute Gasteiger partial charge is 0.260 e. The zero-order valence-corrected chi connectivity index (χ0v) is 12.3. The van der Waals surface area contributed by atoms with Gasteiger partial charge in [-0.25, -0.2) is 13.4 Å². The Morgan fingerprint density at radius 1 is 1.42 bits per heavy atom. The van der Waals surface area contributed by atoms with Gasteiger partial charge >= 0.3 is 0 Å². The van der Waals surface area contributed by atoms with Crippen LogP contribution in [0.25, 0.3) is 0 Å². The minimum absolute atomic E-state index is 0.214. The van der Waals surface area contributed by atoms with Gasteiger partial charge in [0.2, 0.25) is 0 Å². The van der Waals surface area contributed by atoms with Crippen molar-refractivity contribution in [3.05, 3.63) is 12.0 Å². The average Bonchev–Trinajstić information content (AvgIpc) is 2.89. The largest absolute Gasteiger partial charge is 0.332 e. The molecule has 0 bridgehead atoms. The van der Waals surface area contributed by atoms with Crippen LogP contribution in [0.15, 0.2) is 11.2 Å². The Labute approximate surface area is 114 Å². The summed E-state index contributed by atoms with van der Waals surface area (Å²) < 4.78 is 26.4. The summed E-state index contributed by atoms with van der Waals surface area (Å²) in [5.41, 5.74) is 0. The van der Waals surface area contributed by atoms with Gasteiger partial charge in [0.15, 0.2) is 5.03 Å². The number of H-pyrrole nitrogens is 1. The number of nitrogens with one attached hydrogen (secondary N) is 2. The van der Waals surface area contributed by atoms with E-state index in [1.165, 1.54) is 6.20 Å². The van der Waals surface area contributed by atoms with Crippen molar-refractivity contribution in [1.29, 1.82) is 0 Å². The normalized spacial score (nSPS) is 18.8. The molecule has 19 heavy (non-hydrogen) atoms. The Hall–Kier alpha value is -0.920. The lowest BCUT2D eigenvalue weighted by Gasteiger charge is -2.31. The van der Waals surface area contributed by atoms with Gasteiger partial charge in [0.25, 0.3) is 10.0 Å². The molecule has 0 spiro atoms. The SMILES string of the molecule is CCNC1CCN(S(=O)(=O)c2cnc(CC)[nH]2)CC1. The van der Waals surface area contributed by atoms with Crippen LogP contribution in [0.1, 0.15) is 32.5 Å². The summed E-state index contributed by atoms with van der Waals surface area (Å²) in [6.07, 6.45) is 3.85. The van der Waals surface area contributed by atoms with Crippen LogP contribution in [0.2, 0.25) is 0 Å². The van der Waals surface area contributed by atoms with Crippen LogP contribution in [0.3, 0.4) is 0 Å². The highest BCUT2D eigenvalue weighted by Gasteiger charge is 2.30. The van der Waals surface area contributed by atoms with Gasteiger partial charge < -0.3 is 10.3 Å². The number of imidazole rings is 1. The number of hydrogen-bond acceptors (Lipinski definition) is 4. The van der Waals surface area contributed by atoms with Gasteiger partial charge in [0.05, 0.1) is 6.20 Å². The Balaban J connectivity index is 2.05. The van der Waals surface area contributed by atoms with Crippen LogP contribution in [-0.2, 0) is 16.4 Å². The fourth-order valence-corrected chi connectivity index (χ4v) is 3.78. The molecule has 7 heteroatoms. The highest BCUT2D eigenvalue weighted by Crippen LogP contribution is 2.19. The topological polar surface area (TPSA) is 78.1 Å². The van der Waals surface area contributed by atoms with E-state index in [4.69, 9.17) is 0 Å². The average molecular weight is 286 g/mol. The van der Waals surface area contributed by atoms with Crippen LogP contribution in [0, 0.1) is 0 Å². The molecule has 0 saturated carbocycles. The molecule has 1 aromatic heterocycles. The van der Waals surface area contributed by atoms with Crippen LogP contribution in [0.4, 0.5) is 0 Å². The van der Waals surface area contributed by atoms with Crippen molar-refractivity contribution in [1.82, 2.24) is 19.6 Å². The van der Waals surface area contributed by atoms with Crippen molar-refractivity contribution in [2.24, 2.45) is 0 Å². The highest BCUT2D eigenvalue weighted by atomic mass is 32.2. The summed E-state index contributed by atoms with van der Waals surface area (Å²) in [6.45, 7) is 6.08. The zero-order valence-electron chi connectivity index (χ0n) is 11.5. The van der Waals surface area contributed by atoms with Crippen LogP contribution >= 0.6 is 0 Å². The minimum atomic E-state index is -3.40. The molecular formula is C12H22N4O2S. The molecule has 1 aliphatic heterocycles. The Kier molecular flexibility index (Phi) is 4.59. The first kappa shape index (κ1) is 14.5. The van der Waals surface area contributed by atoms with E-state index < -0.39 is 10.0 Å². The quantitative estimate of drug-likeness (QED) is 0.836. The molecule has 1 saturated heterocycles. The van der Waals surface area contributed by atoms with E-state index in [0.29, 0.717) is 31.4 Å². The Morgan fingerprint density at radius 3 is 2.63 bits per heavy atom. The summed E-state index contributed by atoms with van der Waals surface area (Å²) >= 11 is 0. The van der Waals surface area contributed by atoms with Gasteiger partial charge in [-0.2, -0.15) is 4.31 Å². The standard InChI is InChI=1S/C12H22N4O2S/c1-3-11-14-9-12(15-11)19(17,18)16-7-5-10(6-8-16)13-4-2/h9-10,13H,3-8H2,1-2H3,(H,14,15). The second-order valence-corrected chi connectivity index (χ2v) is 6.69. The first-order valence-corrected chi connectivity index (χ1v) is 8.29. The fourth-order valence-electron chi connectivity index (χ4n) is 2.38. The van der Waals surface area contributed by atoms with Crippen molar-refractivity contribution in [3.63, 3.8) is 0 Å². The predicted molar refractivity (Wildman–Crippen MR) is 73.4 cm³/mol. The van der Waals surface area contributed by atoms with E-state index in [9.17, 15) is 8.42 Å². The maximum Gasteiger partial charge on any atom is 0.260 e. The molecule has 0 aliphatic carbocycles. The molecule has 0 radical (unpaired) electrons. The molecule has 2 N–H and O–H groups in total. The highest BCUT2D eigenvalue weighted by molar-refractivity contribution is 7.89. The number of nitrogens with zero attached hydrogens (tertiary/aromatic N) is 2. The van der Waals surface area contributed by atoms with E-state index in [2.05, 4.69) is 22.2 Å². The molecule has 2 heterocycles. The number of aromatic nitrogens is 2. The molecule has 0 aromatic carbocycles. The molecule has 108 valence electrons. The fraction of sp³-hybridized carbons (Fsp3) is 0.750. The first-order valence-electron chi connectivity index (χ1n) is 6.85. The first-order chi connectivity index (χ1) is 9.07. The van der Waals surface area contributed by atoms with Crippen molar-refractivity contribution >= 4 is 10.0 Å². The van der Waals surface area contributed by atoms with Gasteiger partial charge in [0.1, 0.15) is 5.82 Å². The Bertz CT molecular complexity index is 504. The Morgan fingerprint density at radius 2 is 2.11 bits per heavy atom. The number of hydrogen-bond donors (Lipinski definition) is 2. The molecule has 0 unspecified atom stereocenters. The summed E-state index contributed by atoms with van der Waals surface area (Å²) in [5.74, 6) is 0.709. The third kappa shape index (κ3) is 3.16. The summed E-state index contributed by atoms with van der Waals surface area (Å²) in [7, 11) is -3.40. The minimum Gasteiger partial charge on any atom is -0.332 e. The van der Waals surface area contributed by atoms with Gasteiger partial charge in [-0.1, -0.05) is 13.8 Å². The van der Waals surface area contributed by atoms with E-state index in [0.717, 1.165) is 19.4 Å². The van der Waals surface area contributed by atoms with Gasteiger partial charge in [-0.3, -0.25) is 0 Å². The lowest BCUT2D eigenvalue weighted by Crippen LogP contribution is -2.44.